The van der Waals surface area contributed by atoms with Crippen molar-refractivity contribution in [2.45, 2.75) is 70.0 Å². The smallest absolute Gasteiger partial charge is 0.146 e. The van der Waals surface area contributed by atoms with Gasteiger partial charge in [-0.1, -0.05) is 0 Å². The van der Waals surface area contributed by atoms with E-state index in [2.05, 4.69) is 15.1 Å². The van der Waals surface area contributed by atoms with Crippen LogP contribution in [0.25, 0.3) is 10.2 Å². The van der Waals surface area contributed by atoms with E-state index in [1.807, 2.05) is 11.3 Å². The highest BCUT2D eigenvalue weighted by Crippen LogP contribution is 2.39. The normalized spacial score (nSPS) is 24.3. The van der Waals surface area contributed by atoms with E-state index in [1.54, 1.807) is 4.88 Å². The van der Waals surface area contributed by atoms with Gasteiger partial charge in [0.05, 0.1) is 25.1 Å². The summed E-state index contributed by atoms with van der Waals surface area (Å²) in [6.45, 7) is 6.89. The maximum absolute atomic E-state index is 5.52. The van der Waals surface area contributed by atoms with Crippen LogP contribution in [0.1, 0.15) is 54.8 Å². The van der Waals surface area contributed by atoms with E-state index in [9.17, 15) is 0 Å². The Hall–Kier alpha value is -1.28. The number of nitrogens with zero attached hydrogens (tertiary/aromatic N) is 4. The third-order valence-corrected chi connectivity index (χ3v) is 8.45. The minimum absolute atomic E-state index is 0.536. The van der Waals surface area contributed by atoms with Crippen LogP contribution in [0.3, 0.4) is 0 Å². The summed E-state index contributed by atoms with van der Waals surface area (Å²) >= 11 is 1.92. The average molecular weight is 428 g/mol. The van der Waals surface area contributed by atoms with Gasteiger partial charge in [0.2, 0.25) is 0 Å². The predicted molar refractivity (Wildman–Crippen MR) is 121 cm³/mol. The Labute approximate surface area is 183 Å². The van der Waals surface area contributed by atoms with Gasteiger partial charge in [0.25, 0.3) is 0 Å². The summed E-state index contributed by atoms with van der Waals surface area (Å²) in [4.78, 5) is 18.1. The third-order valence-electron chi connectivity index (χ3n) is 7.26. The number of hydrogen-bond acceptors (Lipinski definition) is 7. The lowest BCUT2D eigenvalue weighted by Crippen LogP contribution is -2.40. The molecule has 2 aliphatic heterocycles. The molecule has 30 heavy (non-hydrogen) atoms. The second-order valence-electron chi connectivity index (χ2n) is 9.45. The standard InChI is InChI=1S/C23H33N5OS/c1-2-4-19-18(3-1)21-22(24-16-7-9-28(10-8-16)17-5-6-17)25-20(26-23(21)30-19)15-27-11-13-29-14-12-27/h16-17H,1-15H2,(H,24,25,26). The molecule has 0 amide bonds. The fourth-order valence-corrected chi connectivity index (χ4v) is 6.66. The first-order valence-electron chi connectivity index (χ1n) is 12.0. The SMILES string of the molecule is C1CCc2c(sc3nc(CN4CCOCC4)nc(NC4CCN(C5CC5)CC4)c23)C1. The fraction of sp³-hybridized carbons (Fsp3) is 0.739. The zero-order valence-corrected chi connectivity index (χ0v) is 18.7. The van der Waals surface area contributed by atoms with Crippen molar-refractivity contribution in [3.05, 3.63) is 16.3 Å². The van der Waals surface area contributed by atoms with E-state index in [-0.39, 0.29) is 0 Å². The summed E-state index contributed by atoms with van der Waals surface area (Å²) in [7, 11) is 0. The Balaban J connectivity index is 1.28. The van der Waals surface area contributed by atoms with Crippen LogP contribution in [-0.4, -0.2) is 71.2 Å². The zero-order valence-electron chi connectivity index (χ0n) is 17.9. The maximum Gasteiger partial charge on any atom is 0.146 e. The lowest BCUT2D eigenvalue weighted by molar-refractivity contribution is 0.0331. The molecular weight excluding hydrogens is 394 g/mol. The molecular formula is C23H33N5OS. The first-order valence-corrected chi connectivity index (χ1v) is 12.8. The number of piperidine rings is 1. The van der Waals surface area contributed by atoms with Crippen LogP contribution in [0.2, 0.25) is 0 Å². The lowest BCUT2D eigenvalue weighted by atomic mass is 9.96. The number of rotatable bonds is 5. The van der Waals surface area contributed by atoms with E-state index in [4.69, 9.17) is 14.7 Å². The maximum atomic E-state index is 5.52. The van der Waals surface area contributed by atoms with Crippen molar-refractivity contribution in [3.63, 3.8) is 0 Å². The monoisotopic (exact) mass is 427 g/mol. The van der Waals surface area contributed by atoms with E-state index >= 15 is 0 Å². The van der Waals surface area contributed by atoms with Gasteiger partial charge in [0.15, 0.2) is 0 Å². The number of hydrogen-bond donors (Lipinski definition) is 1. The average Bonchev–Trinajstić information content (AvgIpc) is 3.55. The highest BCUT2D eigenvalue weighted by atomic mass is 32.1. The van der Waals surface area contributed by atoms with Gasteiger partial charge in [-0.3, -0.25) is 4.90 Å². The Morgan fingerprint density at radius 1 is 0.967 bits per heavy atom. The molecule has 0 unspecified atom stereocenters. The van der Waals surface area contributed by atoms with Crippen molar-refractivity contribution in [1.29, 1.82) is 0 Å². The summed E-state index contributed by atoms with van der Waals surface area (Å²) in [5, 5.41) is 5.24. The van der Waals surface area contributed by atoms with Gasteiger partial charge in [-0.05, 0) is 56.9 Å². The van der Waals surface area contributed by atoms with Crippen molar-refractivity contribution in [3.8, 4) is 0 Å². The first kappa shape index (κ1) is 19.4. The van der Waals surface area contributed by atoms with Gasteiger partial charge in [-0.2, -0.15) is 0 Å². The molecule has 6 nitrogen and oxygen atoms in total. The fourth-order valence-electron chi connectivity index (χ4n) is 5.38. The highest BCUT2D eigenvalue weighted by Gasteiger charge is 2.32. The molecule has 3 fully saturated rings. The predicted octanol–water partition coefficient (Wildman–Crippen LogP) is 3.44. The van der Waals surface area contributed by atoms with E-state index in [0.29, 0.717) is 6.04 Å². The highest BCUT2D eigenvalue weighted by molar-refractivity contribution is 7.19. The molecule has 162 valence electrons. The zero-order chi connectivity index (χ0) is 19.9. The summed E-state index contributed by atoms with van der Waals surface area (Å²) in [5.74, 6) is 2.09. The molecule has 7 heteroatoms. The number of ether oxygens (including phenoxy) is 1. The molecule has 1 N–H and O–H groups in total. The number of thiophene rings is 1. The molecule has 1 saturated carbocycles. The van der Waals surface area contributed by atoms with Crippen LogP contribution in [0, 0.1) is 0 Å². The van der Waals surface area contributed by atoms with Crippen molar-refractivity contribution < 1.29 is 4.74 Å². The quantitative estimate of drug-likeness (QED) is 0.789. The van der Waals surface area contributed by atoms with Crippen molar-refractivity contribution >= 4 is 27.4 Å². The number of aromatic nitrogens is 2. The molecule has 0 bridgehead atoms. The molecule has 2 aromatic heterocycles. The second kappa shape index (κ2) is 8.34. The van der Waals surface area contributed by atoms with Gasteiger partial charge in [-0.25, -0.2) is 9.97 Å². The van der Waals surface area contributed by atoms with Gasteiger partial charge in [-0.15, -0.1) is 11.3 Å². The molecule has 4 aliphatic rings. The number of anilines is 1. The van der Waals surface area contributed by atoms with E-state index < -0.39 is 0 Å². The molecule has 2 aromatic rings. The Morgan fingerprint density at radius 3 is 2.57 bits per heavy atom. The molecule has 0 radical (unpaired) electrons. The number of morpholine rings is 1. The van der Waals surface area contributed by atoms with Crippen LogP contribution in [-0.2, 0) is 24.1 Å². The number of fused-ring (bicyclic) bond motifs is 3. The van der Waals surface area contributed by atoms with Crippen LogP contribution >= 0.6 is 11.3 Å². The molecule has 2 aliphatic carbocycles. The van der Waals surface area contributed by atoms with E-state index in [0.717, 1.165) is 50.5 Å². The molecule has 6 rings (SSSR count). The summed E-state index contributed by atoms with van der Waals surface area (Å²) in [6.07, 6.45) is 10.3. The molecule has 0 atom stereocenters. The Bertz CT molecular complexity index is 897. The van der Waals surface area contributed by atoms with Gasteiger partial charge in [0, 0.05) is 43.1 Å². The first-order chi connectivity index (χ1) is 14.8. The molecule has 2 saturated heterocycles. The lowest BCUT2D eigenvalue weighted by Gasteiger charge is -2.33. The third kappa shape index (κ3) is 3.97. The summed E-state index contributed by atoms with van der Waals surface area (Å²) in [5.41, 5.74) is 1.54. The van der Waals surface area contributed by atoms with Crippen molar-refractivity contribution in [2.75, 3.05) is 44.7 Å². The van der Waals surface area contributed by atoms with Crippen molar-refractivity contribution in [1.82, 2.24) is 19.8 Å². The summed E-state index contributed by atoms with van der Waals surface area (Å²) < 4.78 is 5.52. The van der Waals surface area contributed by atoms with Gasteiger partial charge < -0.3 is 15.0 Å². The van der Waals surface area contributed by atoms with Crippen LogP contribution in [0.4, 0.5) is 5.82 Å². The van der Waals surface area contributed by atoms with Crippen LogP contribution < -0.4 is 5.32 Å². The topological polar surface area (TPSA) is 53.5 Å². The largest absolute Gasteiger partial charge is 0.379 e. The summed E-state index contributed by atoms with van der Waals surface area (Å²) in [6, 6.07) is 1.43. The minimum atomic E-state index is 0.536. The number of nitrogens with one attached hydrogen (secondary N) is 1. The molecule has 0 spiro atoms. The Kier molecular flexibility index (Phi) is 5.39. The molecule has 4 heterocycles. The second-order valence-corrected chi connectivity index (χ2v) is 10.5. The Morgan fingerprint density at radius 2 is 1.77 bits per heavy atom. The van der Waals surface area contributed by atoms with E-state index in [1.165, 1.54) is 80.2 Å². The van der Waals surface area contributed by atoms with Crippen molar-refractivity contribution in [2.24, 2.45) is 0 Å². The van der Waals surface area contributed by atoms with Crippen LogP contribution in [0.5, 0.6) is 0 Å². The number of likely N-dealkylation sites (tertiary alicyclic amines) is 1. The number of aryl methyl sites for hydroxylation is 2. The van der Waals surface area contributed by atoms with Gasteiger partial charge >= 0.3 is 0 Å². The van der Waals surface area contributed by atoms with Crippen LogP contribution in [0.15, 0.2) is 0 Å². The molecule has 0 aromatic carbocycles. The van der Waals surface area contributed by atoms with Gasteiger partial charge in [0.1, 0.15) is 16.5 Å². The minimum Gasteiger partial charge on any atom is -0.379 e.